The summed E-state index contributed by atoms with van der Waals surface area (Å²) in [5.74, 6) is 1.47. The van der Waals surface area contributed by atoms with Crippen LogP contribution in [0.2, 0.25) is 0 Å². The topological polar surface area (TPSA) is 18.5 Å². The third-order valence-electron chi connectivity index (χ3n) is 4.50. The zero-order valence-electron chi connectivity index (χ0n) is 13.9. The minimum Gasteiger partial charge on any atom is -0.316 e. The second kappa shape index (κ2) is 8.23. The van der Waals surface area contributed by atoms with E-state index in [1.165, 1.54) is 26.2 Å². The van der Waals surface area contributed by atoms with Crippen LogP contribution in [0, 0.1) is 11.8 Å². The highest BCUT2D eigenvalue weighted by atomic mass is 15.3. The zero-order valence-corrected chi connectivity index (χ0v) is 13.9. The highest BCUT2D eigenvalue weighted by Crippen LogP contribution is 2.14. The minimum absolute atomic E-state index is 0.689. The summed E-state index contributed by atoms with van der Waals surface area (Å²) >= 11 is 0. The summed E-state index contributed by atoms with van der Waals surface area (Å²) in [6.07, 6.45) is 0. The Balaban J connectivity index is 2.27. The molecule has 1 aliphatic rings. The van der Waals surface area contributed by atoms with E-state index in [2.05, 4.69) is 56.7 Å². The molecule has 0 aromatic rings. The number of piperazine rings is 1. The lowest BCUT2D eigenvalue weighted by molar-refractivity contribution is 0.0654. The maximum atomic E-state index is 3.59. The summed E-state index contributed by atoms with van der Waals surface area (Å²) in [6.45, 7) is 21.1. The maximum Gasteiger partial charge on any atom is 0.0113 e. The summed E-state index contributed by atoms with van der Waals surface area (Å²) in [4.78, 5) is 5.26. The Hall–Kier alpha value is -0.120. The predicted octanol–water partition coefficient (Wildman–Crippen LogP) is 2.28. The molecule has 2 atom stereocenters. The summed E-state index contributed by atoms with van der Waals surface area (Å²) in [6, 6.07) is 1.39. The van der Waals surface area contributed by atoms with Crippen molar-refractivity contribution >= 4 is 0 Å². The number of hydrogen-bond donors (Lipinski definition) is 1. The maximum absolute atomic E-state index is 3.59. The van der Waals surface area contributed by atoms with Crippen molar-refractivity contribution in [1.82, 2.24) is 15.1 Å². The first-order chi connectivity index (χ1) is 8.91. The molecular formula is C16H35N3. The van der Waals surface area contributed by atoms with Crippen molar-refractivity contribution in [3.05, 3.63) is 0 Å². The number of nitrogens with one attached hydrogen (secondary N) is 1. The molecule has 0 spiro atoms. The van der Waals surface area contributed by atoms with Crippen LogP contribution in [0.15, 0.2) is 0 Å². The van der Waals surface area contributed by atoms with Gasteiger partial charge in [-0.25, -0.2) is 0 Å². The lowest BCUT2D eigenvalue weighted by atomic mass is 10.0. The second-order valence-electron chi connectivity index (χ2n) is 6.94. The lowest BCUT2D eigenvalue weighted by Gasteiger charge is -2.41. The molecule has 114 valence electrons. The van der Waals surface area contributed by atoms with Gasteiger partial charge in [0.2, 0.25) is 0 Å². The summed E-state index contributed by atoms with van der Waals surface area (Å²) in [5.41, 5.74) is 0. The van der Waals surface area contributed by atoms with Crippen molar-refractivity contribution in [2.45, 2.75) is 53.6 Å². The molecule has 1 N–H and O–H groups in total. The second-order valence-corrected chi connectivity index (χ2v) is 6.94. The Morgan fingerprint density at radius 3 is 1.79 bits per heavy atom. The van der Waals surface area contributed by atoms with Crippen LogP contribution in [0.5, 0.6) is 0 Å². The van der Waals surface area contributed by atoms with Gasteiger partial charge in [0, 0.05) is 38.3 Å². The monoisotopic (exact) mass is 269 g/mol. The average molecular weight is 269 g/mol. The smallest absolute Gasteiger partial charge is 0.0113 e. The van der Waals surface area contributed by atoms with Crippen molar-refractivity contribution in [1.29, 1.82) is 0 Å². The molecule has 1 rings (SSSR count). The van der Waals surface area contributed by atoms with Gasteiger partial charge in [-0.15, -0.1) is 0 Å². The molecule has 0 aliphatic carbocycles. The molecule has 1 heterocycles. The molecule has 0 aromatic carbocycles. The van der Waals surface area contributed by atoms with E-state index in [0.717, 1.165) is 24.9 Å². The van der Waals surface area contributed by atoms with E-state index in [1.54, 1.807) is 0 Å². The van der Waals surface area contributed by atoms with E-state index in [-0.39, 0.29) is 0 Å². The first-order valence-corrected chi connectivity index (χ1v) is 8.10. The van der Waals surface area contributed by atoms with Crippen LogP contribution in [-0.2, 0) is 0 Å². The average Bonchev–Trinajstić information content (AvgIpc) is 2.37. The van der Waals surface area contributed by atoms with E-state index in [9.17, 15) is 0 Å². The van der Waals surface area contributed by atoms with Gasteiger partial charge in [0.1, 0.15) is 0 Å². The van der Waals surface area contributed by atoms with Crippen molar-refractivity contribution in [2.24, 2.45) is 11.8 Å². The van der Waals surface area contributed by atoms with Crippen LogP contribution in [0.25, 0.3) is 0 Å². The molecule has 1 aliphatic heterocycles. The fraction of sp³-hybridized carbons (Fsp3) is 1.00. The molecule has 0 bridgehead atoms. The molecule has 0 aromatic heterocycles. The number of nitrogens with zero attached hydrogens (tertiary/aromatic N) is 2. The molecule has 3 heteroatoms. The molecule has 0 amide bonds. The van der Waals surface area contributed by atoms with Crippen LogP contribution in [0.4, 0.5) is 0 Å². The van der Waals surface area contributed by atoms with E-state index in [0.29, 0.717) is 12.1 Å². The van der Waals surface area contributed by atoms with Crippen LogP contribution in [0.3, 0.4) is 0 Å². The van der Waals surface area contributed by atoms with Gasteiger partial charge < -0.3 is 5.32 Å². The van der Waals surface area contributed by atoms with Crippen molar-refractivity contribution in [3.8, 4) is 0 Å². The van der Waals surface area contributed by atoms with Gasteiger partial charge in [-0.1, -0.05) is 20.8 Å². The van der Waals surface area contributed by atoms with Gasteiger partial charge in [-0.3, -0.25) is 9.80 Å². The Labute approximate surface area is 120 Å². The Morgan fingerprint density at radius 1 is 0.789 bits per heavy atom. The summed E-state index contributed by atoms with van der Waals surface area (Å²) < 4.78 is 0. The zero-order chi connectivity index (χ0) is 14.4. The van der Waals surface area contributed by atoms with E-state index >= 15 is 0 Å². The molecule has 1 fully saturated rings. The minimum atomic E-state index is 0.689. The molecule has 0 radical (unpaired) electrons. The first-order valence-electron chi connectivity index (χ1n) is 8.10. The molecule has 1 saturated heterocycles. The van der Waals surface area contributed by atoms with Crippen molar-refractivity contribution in [3.63, 3.8) is 0 Å². The standard InChI is InChI=1S/C16H35N3/c1-13(2)11-17-12-15(5)16(6)19-9-7-18(8-10-19)14(3)4/h13-17H,7-12H2,1-6H3. The third-order valence-corrected chi connectivity index (χ3v) is 4.50. The van der Waals surface area contributed by atoms with Gasteiger partial charge in [-0.2, -0.15) is 0 Å². The molecule has 3 nitrogen and oxygen atoms in total. The quantitative estimate of drug-likeness (QED) is 0.765. The van der Waals surface area contributed by atoms with Crippen LogP contribution in [-0.4, -0.2) is 61.2 Å². The Kier molecular flexibility index (Phi) is 7.33. The fourth-order valence-corrected chi connectivity index (χ4v) is 2.79. The molecule has 0 saturated carbocycles. The summed E-state index contributed by atoms with van der Waals surface area (Å²) in [7, 11) is 0. The molecular weight excluding hydrogens is 234 g/mol. The SMILES string of the molecule is CC(C)CNCC(C)C(C)N1CCN(C(C)C)CC1. The van der Waals surface area contributed by atoms with E-state index in [4.69, 9.17) is 0 Å². The van der Waals surface area contributed by atoms with Gasteiger partial charge in [0.05, 0.1) is 0 Å². The molecule has 19 heavy (non-hydrogen) atoms. The predicted molar refractivity (Wildman–Crippen MR) is 84.6 cm³/mol. The van der Waals surface area contributed by atoms with Crippen molar-refractivity contribution in [2.75, 3.05) is 39.3 Å². The fourth-order valence-electron chi connectivity index (χ4n) is 2.79. The van der Waals surface area contributed by atoms with Gasteiger partial charge in [-0.05, 0) is 45.7 Å². The highest BCUT2D eigenvalue weighted by molar-refractivity contribution is 4.81. The Morgan fingerprint density at radius 2 is 1.32 bits per heavy atom. The van der Waals surface area contributed by atoms with Gasteiger partial charge in [0.25, 0.3) is 0 Å². The van der Waals surface area contributed by atoms with Crippen LogP contribution < -0.4 is 5.32 Å². The summed E-state index contributed by atoms with van der Waals surface area (Å²) in [5, 5.41) is 3.59. The lowest BCUT2D eigenvalue weighted by Crippen LogP contribution is -2.53. The largest absolute Gasteiger partial charge is 0.316 e. The van der Waals surface area contributed by atoms with Crippen molar-refractivity contribution < 1.29 is 0 Å². The number of hydrogen-bond acceptors (Lipinski definition) is 3. The van der Waals surface area contributed by atoms with E-state index < -0.39 is 0 Å². The van der Waals surface area contributed by atoms with Crippen LogP contribution in [0.1, 0.15) is 41.5 Å². The molecule has 2 unspecified atom stereocenters. The normalized spacial score (nSPS) is 22.1. The first kappa shape index (κ1) is 16.9. The highest BCUT2D eigenvalue weighted by Gasteiger charge is 2.25. The van der Waals surface area contributed by atoms with Crippen LogP contribution >= 0.6 is 0 Å². The van der Waals surface area contributed by atoms with E-state index in [1.807, 2.05) is 0 Å². The number of rotatable bonds is 7. The van der Waals surface area contributed by atoms with Gasteiger partial charge >= 0.3 is 0 Å². The third kappa shape index (κ3) is 5.80. The Bertz CT molecular complexity index is 232. The van der Waals surface area contributed by atoms with Gasteiger partial charge in [0.15, 0.2) is 0 Å².